The van der Waals surface area contributed by atoms with Crippen LogP contribution < -0.4 is 14.8 Å². The Kier molecular flexibility index (Phi) is 3.54. The van der Waals surface area contributed by atoms with Crippen LogP contribution in [0.5, 0.6) is 11.5 Å². The van der Waals surface area contributed by atoms with E-state index in [0.29, 0.717) is 28.2 Å². The number of ether oxygens (including phenoxy) is 2. The van der Waals surface area contributed by atoms with Crippen molar-refractivity contribution in [1.82, 2.24) is 19.5 Å². The van der Waals surface area contributed by atoms with Crippen molar-refractivity contribution in [3.05, 3.63) is 65.2 Å². The summed E-state index contributed by atoms with van der Waals surface area (Å²) in [5, 5.41) is 14.8. The van der Waals surface area contributed by atoms with E-state index in [1.54, 1.807) is 22.8 Å². The Balaban J connectivity index is 1.61. The molecule has 0 bridgehead atoms. The Morgan fingerprint density at radius 2 is 1.93 bits per heavy atom. The van der Waals surface area contributed by atoms with E-state index >= 15 is 0 Å². The van der Waals surface area contributed by atoms with Gasteiger partial charge in [-0.2, -0.15) is 0 Å². The lowest BCUT2D eigenvalue weighted by molar-refractivity contribution is -0.384. The maximum Gasteiger partial charge on any atom is 0.354 e. The summed E-state index contributed by atoms with van der Waals surface area (Å²) in [6.07, 6.45) is 2.77. The monoisotopic (exact) mass is 376 g/mol. The zero-order valence-electron chi connectivity index (χ0n) is 14.3. The van der Waals surface area contributed by atoms with Crippen molar-refractivity contribution in [3.63, 3.8) is 0 Å². The lowest BCUT2D eigenvalue weighted by atomic mass is 10.2. The van der Waals surface area contributed by atoms with Crippen molar-refractivity contribution < 1.29 is 14.4 Å². The summed E-state index contributed by atoms with van der Waals surface area (Å²) in [6, 6.07) is 12.5. The van der Waals surface area contributed by atoms with Gasteiger partial charge in [0.05, 0.1) is 16.0 Å². The minimum atomic E-state index is -0.514. The molecule has 138 valence electrons. The molecule has 10 nitrogen and oxygen atoms in total. The highest BCUT2D eigenvalue weighted by atomic mass is 16.7. The molecule has 28 heavy (non-hydrogen) atoms. The van der Waals surface area contributed by atoms with Gasteiger partial charge in [0.1, 0.15) is 12.7 Å². The molecule has 1 N–H and O–H groups in total. The number of para-hydroxylation sites is 2. The van der Waals surface area contributed by atoms with Crippen LogP contribution in [-0.4, -0.2) is 31.2 Å². The van der Waals surface area contributed by atoms with Gasteiger partial charge in [-0.3, -0.25) is 14.7 Å². The molecule has 5 rings (SSSR count). The van der Waals surface area contributed by atoms with E-state index < -0.39 is 4.92 Å². The first-order valence-electron chi connectivity index (χ1n) is 8.29. The molecule has 0 fully saturated rings. The second-order valence-corrected chi connectivity index (χ2v) is 5.95. The molecule has 0 aliphatic carbocycles. The molecule has 1 aliphatic heterocycles. The summed E-state index contributed by atoms with van der Waals surface area (Å²) in [7, 11) is 0. The number of hydrogen-bond acceptors (Lipinski definition) is 8. The molecular formula is C18H12N6O4. The van der Waals surface area contributed by atoms with Crippen molar-refractivity contribution in [2.24, 2.45) is 0 Å². The van der Waals surface area contributed by atoms with E-state index in [2.05, 4.69) is 20.3 Å². The van der Waals surface area contributed by atoms with Gasteiger partial charge < -0.3 is 14.8 Å². The molecule has 2 aromatic carbocycles. The third-order valence-corrected chi connectivity index (χ3v) is 4.30. The van der Waals surface area contributed by atoms with Gasteiger partial charge in [-0.05, 0) is 24.3 Å². The molecule has 1 aliphatic rings. The summed E-state index contributed by atoms with van der Waals surface area (Å²) in [5.74, 6) is 1.36. The Bertz CT molecular complexity index is 1220. The molecule has 0 radical (unpaired) electrons. The first-order valence-corrected chi connectivity index (χ1v) is 8.29. The molecule has 0 saturated carbocycles. The summed E-state index contributed by atoms with van der Waals surface area (Å²) in [6.45, 7) is 0.143. The highest BCUT2D eigenvalue weighted by Crippen LogP contribution is 2.37. The van der Waals surface area contributed by atoms with Crippen molar-refractivity contribution in [2.75, 3.05) is 12.1 Å². The molecule has 10 heteroatoms. The van der Waals surface area contributed by atoms with Crippen LogP contribution in [0.15, 0.2) is 55.1 Å². The van der Waals surface area contributed by atoms with E-state index in [-0.39, 0.29) is 24.1 Å². The van der Waals surface area contributed by atoms with Crippen LogP contribution in [0.2, 0.25) is 0 Å². The van der Waals surface area contributed by atoms with Crippen LogP contribution in [0.3, 0.4) is 0 Å². The van der Waals surface area contributed by atoms with E-state index in [1.165, 1.54) is 12.7 Å². The number of hydrogen-bond donors (Lipinski definition) is 1. The Labute approximate surface area is 157 Å². The van der Waals surface area contributed by atoms with Gasteiger partial charge in [0.25, 0.3) is 0 Å². The molecule has 4 aromatic rings. The number of anilines is 2. The fourth-order valence-corrected chi connectivity index (χ4v) is 3.04. The zero-order valence-corrected chi connectivity index (χ0v) is 14.3. The van der Waals surface area contributed by atoms with Crippen LogP contribution in [0, 0.1) is 10.1 Å². The predicted octanol–water partition coefficient (Wildman–Crippen LogP) is 3.20. The average Bonchev–Trinajstić information content (AvgIpc) is 3.34. The third-order valence-electron chi connectivity index (χ3n) is 4.30. The van der Waals surface area contributed by atoms with E-state index in [1.807, 2.05) is 24.3 Å². The van der Waals surface area contributed by atoms with Crippen molar-refractivity contribution in [2.45, 2.75) is 0 Å². The Morgan fingerprint density at radius 3 is 2.82 bits per heavy atom. The number of nitro groups is 1. The molecule has 0 unspecified atom stereocenters. The molecule has 0 amide bonds. The summed E-state index contributed by atoms with van der Waals surface area (Å²) in [4.78, 5) is 23.8. The zero-order chi connectivity index (χ0) is 19.1. The van der Waals surface area contributed by atoms with Gasteiger partial charge in [0.2, 0.25) is 18.4 Å². The lowest BCUT2D eigenvalue weighted by Crippen LogP contribution is -2.07. The van der Waals surface area contributed by atoms with Crippen molar-refractivity contribution >= 4 is 28.2 Å². The van der Waals surface area contributed by atoms with E-state index in [0.717, 1.165) is 0 Å². The van der Waals surface area contributed by atoms with Crippen LogP contribution in [-0.2, 0) is 0 Å². The Hall–Kier alpha value is -4.21. The van der Waals surface area contributed by atoms with Crippen LogP contribution in [0.1, 0.15) is 0 Å². The van der Waals surface area contributed by atoms with Gasteiger partial charge in [-0.15, -0.1) is 0 Å². The minimum Gasteiger partial charge on any atom is -0.454 e. The minimum absolute atomic E-state index is 0.0617. The quantitative estimate of drug-likeness (QED) is 0.426. The van der Waals surface area contributed by atoms with Gasteiger partial charge in [0.15, 0.2) is 11.5 Å². The Morgan fingerprint density at radius 1 is 1.07 bits per heavy atom. The van der Waals surface area contributed by atoms with E-state index in [9.17, 15) is 10.1 Å². The molecule has 2 aromatic heterocycles. The lowest BCUT2D eigenvalue weighted by Gasteiger charge is -2.10. The van der Waals surface area contributed by atoms with Crippen molar-refractivity contribution in [1.29, 1.82) is 0 Å². The number of nitrogens with zero attached hydrogens (tertiary/aromatic N) is 5. The number of imidazole rings is 1. The van der Waals surface area contributed by atoms with Gasteiger partial charge in [-0.1, -0.05) is 12.1 Å². The largest absolute Gasteiger partial charge is 0.454 e. The summed E-state index contributed by atoms with van der Waals surface area (Å²) >= 11 is 0. The first-order chi connectivity index (χ1) is 13.7. The molecule has 0 saturated heterocycles. The number of fused-ring (bicyclic) bond motifs is 2. The highest BCUT2D eigenvalue weighted by Gasteiger charge is 2.26. The first kappa shape index (κ1) is 16.0. The number of rotatable bonds is 4. The maximum atomic E-state index is 11.9. The fraction of sp³-hybridized carbons (Fsp3) is 0.0556. The smallest absolute Gasteiger partial charge is 0.354 e. The van der Waals surface area contributed by atoms with Crippen molar-refractivity contribution in [3.8, 4) is 17.3 Å². The molecular weight excluding hydrogens is 364 g/mol. The number of benzene rings is 2. The van der Waals surface area contributed by atoms with Crippen LogP contribution in [0.25, 0.3) is 16.9 Å². The standard InChI is InChI=1S/C18H12N6O4/c25-24(26)16-17(22-11-5-6-14-15(7-11)28-10-27-14)19-8-20-18(16)23-9-21-12-3-1-2-4-13(12)23/h1-9H,10H2,(H,19,20,22). The molecule has 0 atom stereocenters. The second-order valence-electron chi connectivity index (χ2n) is 5.95. The van der Waals surface area contributed by atoms with Crippen LogP contribution in [0.4, 0.5) is 17.2 Å². The SMILES string of the molecule is O=[N+]([O-])c1c(Nc2ccc3c(c2)OCO3)ncnc1-n1cnc2ccccc21. The average molecular weight is 376 g/mol. The number of aromatic nitrogens is 4. The summed E-state index contributed by atoms with van der Waals surface area (Å²) < 4.78 is 12.2. The van der Waals surface area contributed by atoms with Gasteiger partial charge >= 0.3 is 5.69 Å². The second kappa shape index (κ2) is 6.20. The topological polar surface area (TPSA) is 117 Å². The predicted molar refractivity (Wildman–Crippen MR) is 99.2 cm³/mol. The van der Waals surface area contributed by atoms with Crippen LogP contribution >= 0.6 is 0 Å². The number of nitrogens with one attached hydrogen (secondary N) is 1. The fourth-order valence-electron chi connectivity index (χ4n) is 3.04. The molecule has 3 heterocycles. The van der Waals surface area contributed by atoms with E-state index in [4.69, 9.17) is 9.47 Å². The van der Waals surface area contributed by atoms with Gasteiger partial charge in [0, 0.05) is 11.8 Å². The third kappa shape index (κ3) is 2.55. The summed E-state index contributed by atoms with van der Waals surface area (Å²) in [5.41, 5.74) is 1.73. The van der Waals surface area contributed by atoms with Gasteiger partial charge in [-0.25, -0.2) is 15.0 Å². The maximum absolute atomic E-state index is 11.9. The normalized spacial score (nSPS) is 12.3. The molecule has 0 spiro atoms. The highest BCUT2D eigenvalue weighted by molar-refractivity contribution is 5.79.